The highest BCUT2D eigenvalue weighted by molar-refractivity contribution is 5.93. The van der Waals surface area contributed by atoms with Crippen molar-refractivity contribution in [3.8, 4) is 5.75 Å². The van der Waals surface area contributed by atoms with Crippen molar-refractivity contribution < 1.29 is 18.7 Å². The first kappa shape index (κ1) is 19.2. The molecule has 0 spiro atoms. The minimum atomic E-state index is -0.425. The lowest BCUT2D eigenvalue weighted by Crippen LogP contribution is -2.20. The summed E-state index contributed by atoms with van der Waals surface area (Å²) >= 11 is 0. The van der Waals surface area contributed by atoms with Crippen LogP contribution < -0.4 is 21.0 Å². The molecule has 0 unspecified atom stereocenters. The molecule has 0 fully saturated rings. The fourth-order valence-corrected chi connectivity index (χ4v) is 2.84. The fourth-order valence-electron chi connectivity index (χ4n) is 2.84. The number of hydrogen-bond donors (Lipinski definition) is 2. The molecule has 0 radical (unpaired) electrons. The van der Waals surface area contributed by atoms with E-state index in [-0.39, 0.29) is 18.4 Å². The van der Waals surface area contributed by atoms with Crippen molar-refractivity contribution in [1.82, 2.24) is 0 Å². The molecule has 7 heteroatoms. The van der Waals surface area contributed by atoms with Crippen LogP contribution in [-0.4, -0.2) is 18.4 Å². The standard InChI is InChI=1S/C21H20N2O5/c1-12-10-20(26)28-21-13(2)18(9-8-17(12)21)27-11-19(25)23-16-6-4-15(5-7-16)22-14(3)24/h4-10H,11H2,1-3H3,(H,22,24)(H,23,25). The lowest BCUT2D eigenvalue weighted by molar-refractivity contribution is -0.118. The van der Waals surface area contributed by atoms with Crippen LogP contribution in [0.2, 0.25) is 0 Å². The first-order chi connectivity index (χ1) is 13.3. The summed E-state index contributed by atoms with van der Waals surface area (Å²) in [6.07, 6.45) is 0. The number of anilines is 2. The first-order valence-electron chi connectivity index (χ1n) is 8.68. The quantitative estimate of drug-likeness (QED) is 0.661. The molecule has 0 saturated heterocycles. The van der Waals surface area contributed by atoms with E-state index in [1.54, 1.807) is 43.3 Å². The Labute approximate surface area is 161 Å². The van der Waals surface area contributed by atoms with Gasteiger partial charge >= 0.3 is 5.63 Å². The van der Waals surface area contributed by atoms with Gasteiger partial charge in [-0.3, -0.25) is 9.59 Å². The van der Waals surface area contributed by atoms with Crippen molar-refractivity contribution in [2.45, 2.75) is 20.8 Å². The van der Waals surface area contributed by atoms with Gasteiger partial charge in [0.15, 0.2) is 6.61 Å². The van der Waals surface area contributed by atoms with E-state index in [1.807, 2.05) is 6.92 Å². The Hall–Kier alpha value is -3.61. The second-order valence-electron chi connectivity index (χ2n) is 6.41. The van der Waals surface area contributed by atoms with Gasteiger partial charge in [0.05, 0.1) is 0 Å². The molecule has 7 nitrogen and oxygen atoms in total. The van der Waals surface area contributed by atoms with Crippen molar-refractivity contribution in [1.29, 1.82) is 0 Å². The predicted molar refractivity (Wildman–Crippen MR) is 107 cm³/mol. The van der Waals surface area contributed by atoms with Crippen LogP contribution in [0.1, 0.15) is 18.1 Å². The molecule has 28 heavy (non-hydrogen) atoms. The highest BCUT2D eigenvalue weighted by atomic mass is 16.5. The monoisotopic (exact) mass is 380 g/mol. The van der Waals surface area contributed by atoms with E-state index in [2.05, 4.69) is 10.6 Å². The van der Waals surface area contributed by atoms with Crippen LogP contribution in [0.25, 0.3) is 11.0 Å². The summed E-state index contributed by atoms with van der Waals surface area (Å²) in [5, 5.41) is 6.20. The molecule has 0 bridgehead atoms. The minimum absolute atomic E-state index is 0.165. The minimum Gasteiger partial charge on any atom is -0.483 e. The van der Waals surface area contributed by atoms with Crippen LogP contribution in [0.3, 0.4) is 0 Å². The Kier molecular flexibility index (Phi) is 5.44. The molecule has 0 aliphatic carbocycles. The number of aryl methyl sites for hydroxylation is 2. The molecule has 0 atom stereocenters. The van der Waals surface area contributed by atoms with E-state index < -0.39 is 5.63 Å². The Morgan fingerprint density at radius 1 is 1.00 bits per heavy atom. The highest BCUT2D eigenvalue weighted by Crippen LogP contribution is 2.28. The predicted octanol–water partition coefficient (Wildman–Crippen LogP) is 3.39. The summed E-state index contributed by atoms with van der Waals surface area (Å²) < 4.78 is 10.9. The second-order valence-corrected chi connectivity index (χ2v) is 6.41. The number of rotatable bonds is 5. The Morgan fingerprint density at radius 3 is 2.29 bits per heavy atom. The topological polar surface area (TPSA) is 97.6 Å². The third kappa shape index (κ3) is 4.37. The van der Waals surface area contributed by atoms with Crippen molar-refractivity contribution >= 4 is 34.2 Å². The number of benzene rings is 2. The first-order valence-corrected chi connectivity index (χ1v) is 8.68. The second kappa shape index (κ2) is 7.96. The largest absolute Gasteiger partial charge is 0.483 e. The summed E-state index contributed by atoms with van der Waals surface area (Å²) in [6, 6.07) is 11.7. The Morgan fingerprint density at radius 2 is 1.64 bits per heavy atom. The number of hydrogen-bond acceptors (Lipinski definition) is 5. The number of carbonyl (C=O) groups excluding carboxylic acids is 2. The van der Waals surface area contributed by atoms with Crippen LogP contribution in [0, 0.1) is 13.8 Å². The zero-order valence-corrected chi connectivity index (χ0v) is 15.8. The summed E-state index contributed by atoms with van der Waals surface area (Å²) in [5.41, 5.74) is 2.74. The van der Waals surface area contributed by atoms with E-state index in [9.17, 15) is 14.4 Å². The van der Waals surface area contributed by atoms with Gasteiger partial charge in [-0.2, -0.15) is 0 Å². The average Bonchev–Trinajstić information content (AvgIpc) is 2.63. The average molecular weight is 380 g/mol. The number of carbonyl (C=O) groups is 2. The molecule has 2 amide bonds. The summed E-state index contributed by atoms with van der Waals surface area (Å²) in [4.78, 5) is 34.8. The molecule has 1 aromatic heterocycles. The van der Waals surface area contributed by atoms with Gasteiger partial charge in [-0.05, 0) is 55.8 Å². The Balaban J connectivity index is 1.67. The molecule has 2 N–H and O–H groups in total. The smallest absolute Gasteiger partial charge is 0.336 e. The maximum absolute atomic E-state index is 12.2. The number of amides is 2. The summed E-state index contributed by atoms with van der Waals surface area (Å²) in [6.45, 7) is 4.84. The lowest BCUT2D eigenvalue weighted by Gasteiger charge is -2.12. The number of fused-ring (bicyclic) bond motifs is 1. The molecule has 2 aromatic carbocycles. The molecule has 0 aliphatic rings. The molecular formula is C21H20N2O5. The van der Waals surface area contributed by atoms with Gasteiger partial charge in [-0.1, -0.05) is 0 Å². The van der Waals surface area contributed by atoms with E-state index in [4.69, 9.17) is 9.15 Å². The van der Waals surface area contributed by atoms with Gasteiger partial charge in [-0.15, -0.1) is 0 Å². The molecule has 0 saturated carbocycles. The molecule has 3 aromatic rings. The SMILES string of the molecule is CC(=O)Nc1ccc(NC(=O)COc2ccc3c(C)cc(=O)oc3c2C)cc1. The van der Waals surface area contributed by atoms with E-state index >= 15 is 0 Å². The van der Waals surface area contributed by atoms with E-state index in [0.717, 1.165) is 10.9 Å². The van der Waals surface area contributed by atoms with Crippen LogP contribution in [0.15, 0.2) is 51.7 Å². The molecule has 3 rings (SSSR count). The molecule has 144 valence electrons. The third-order valence-electron chi connectivity index (χ3n) is 4.17. The van der Waals surface area contributed by atoms with Crippen molar-refractivity contribution in [2.24, 2.45) is 0 Å². The number of ether oxygens (including phenoxy) is 1. The zero-order valence-electron chi connectivity index (χ0n) is 15.8. The van der Waals surface area contributed by atoms with Crippen LogP contribution in [0.4, 0.5) is 11.4 Å². The van der Waals surface area contributed by atoms with E-state index in [1.165, 1.54) is 13.0 Å². The van der Waals surface area contributed by atoms with Gasteiger partial charge < -0.3 is 19.8 Å². The van der Waals surface area contributed by atoms with Crippen LogP contribution in [0.5, 0.6) is 5.75 Å². The van der Waals surface area contributed by atoms with E-state index in [0.29, 0.717) is 28.3 Å². The van der Waals surface area contributed by atoms with Gasteiger partial charge in [-0.25, -0.2) is 4.79 Å². The maximum Gasteiger partial charge on any atom is 0.336 e. The summed E-state index contributed by atoms with van der Waals surface area (Å²) in [7, 11) is 0. The van der Waals surface area contributed by atoms with Crippen molar-refractivity contribution in [3.63, 3.8) is 0 Å². The maximum atomic E-state index is 12.2. The zero-order chi connectivity index (χ0) is 20.3. The van der Waals surface area contributed by atoms with Crippen molar-refractivity contribution in [2.75, 3.05) is 17.2 Å². The highest BCUT2D eigenvalue weighted by Gasteiger charge is 2.11. The van der Waals surface area contributed by atoms with Gasteiger partial charge in [0.2, 0.25) is 5.91 Å². The van der Waals surface area contributed by atoms with Gasteiger partial charge in [0.25, 0.3) is 5.91 Å². The summed E-state index contributed by atoms with van der Waals surface area (Å²) in [5.74, 6) is -0.0307. The molecule has 1 heterocycles. The fraction of sp³-hybridized carbons (Fsp3) is 0.190. The Bertz CT molecular complexity index is 1100. The molecular weight excluding hydrogens is 360 g/mol. The van der Waals surface area contributed by atoms with Crippen LogP contribution in [-0.2, 0) is 9.59 Å². The third-order valence-corrected chi connectivity index (χ3v) is 4.17. The van der Waals surface area contributed by atoms with Gasteiger partial charge in [0, 0.05) is 35.3 Å². The van der Waals surface area contributed by atoms with Gasteiger partial charge in [0.1, 0.15) is 11.3 Å². The molecule has 0 aliphatic heterocycles. The van der Waals surface area contributed by atoms with Crippen molar-refractivity contribution in [3.05, 3.63) is 64.0 Å². The number of nitrogens with one attached hydrogen (secondary N) is 2. The van der Waals surface area contributed by atoms with Crippen LogP contribution >= 0.6 is 0 Å². The lowest BCUT2D eigenvalue weighted by atomic mass is 10.1. The normalized spacial score (nSPS) is 10.5.